The van der Waals surface area contributed by atoms with Gasteiger partial charge in [0.1, 0.15) is 5.82 Å². The zero-order chi connectivity index (χ0) is 18.3. The fourth-order valence-electron chi connectivity index (χ4n) is 3.55. The van der Waals surface area contributed by atoms with E-state index in [1.807, 2.05) is 25.1 Å². The number of carboxylic acids is 1. The summed E-state index contributed by atoms with van der Waals surface area (Å²) >= 11 is 0. The van der Waals surface area contributed by atoms with Crippen LogP contribution in [0.3, 0.4) is 0 Å². The van der Waals surface area contributed by atoms with Crippen molar-refractivity contribution >= 4 is 22.9 Å². The molecule has 1 fully saturated rings. The highest BCUT2D eigenvalue weighted by Crippen LogP contribution is 2.32. The van der Waals surface area contributed by atoms with Crippen LogP contribution in [0.15, 0.2) is 42.5 Å². The van der Waals surface area contributed by atoms with Gasteiger partial charge < -0.3 is 15.0 Å². The molecular formula is C20H19N3O3. The molecule has 1 saturated heterocycles. The van der Waals surface area contributed by atoms with Gasteiger partial charge in [0.25, 0.3) is 5.91 Å². The van der Waals surface area contributed by atoms with Crippen molar-refractivity contribution in [2.75, 3.05) is 6.54 Å². The molecule has 2 heterocycles. The van der Waals surface area contributed by atoms with Crippen LogP contribution in [0.2, 0.25) is 0 Å². The lowest BCUT2D eigenvalue weighted by atomic mass is 10.1. The van der Waals surface area contributed by atoms with Gasteiger partial charge in [0, 0.05) is 12.1 Å². The van der Waals surface area contributed by atoms with E-state index in [1.54, 1.807) is 17.0 Å². The van der Waals surface area contributed by atoms with Crippen molar-refractivity contribution in [2.45, 2.75) is 25.8 Å². The Labute approximate surface area is 150 Å². The van der Waals surface area contributed by atoms with Crippen molar-refractivity contribution in [1.29, 1.82) is 0 Å². The van der Waals surface area contributed by atoms with Gasteiger partial charge in [-0.3, -0.25) is 4.79 Å². The van der Waals surface area contributed by atoms with E-state index in [2.05, 4.69) is 9.97 Å². The van der Waals surface area contributed by atoms with Crippen molar-refractivity contribution in [1.82, 2.24) is 14.9 Å². The third-order valence-corrected chi connectivity index (χ3v) is 4.84. The summed E-state index contributed by atoms with van der Waals surface area (Å²) in [5, 5.41) is 9.15. The maximum Gasteiger partial charge on any atom is 0.335 e. The van der Waals surface area contributed by atoms with Crippen molar-refractivity contribution in [3.8, 4) is 0 Å². The number of benzene rings is 2. The number of aromatic carboxylic acids is 1. The van der Waals surface area contributed by atoms with Crippen LogP contribution in [0.1, 0.15) is 51.0 Å². The van der Waals surface area contributed by atoms with Gasteiger partial charge in [-0.15, -0.1) is 0 Å². The molecule has 132 valence electrons. The molecule has 4 rings (SSSR count). The predicted molar refractivity (Wildman–Crippen MR) is 97.2 cm³/mol. The highest BCUT2D eigenvalue weighted by atomic mass is 16.4. The molecule has 0 spiro atoms. The first-order valence-electron chi connectivity index (χ1n) is 8.63. The lowest BCUT2D eigenvalue weighted by molar-refractivity contribution is 0.0697. The summed E-state index contributed by atoms with van der Waals surface area (Å²) in [4.78, 5) is 33.9. The van der Waals surface area contributed by atoms with Crippen molar-refractivity contribution in [3.05, 3.63) is 65.0 Å². The molecule has 0 saturated carbocycles. The van der Waals surface area contributed by atoms with Gasteiger partial charge in [-0.1, -0.05) is 12.1 Å². The minimum Gasteiger partial charge on any atom is -0.478 e. The Hall–Kier alpha value is -3.15. The molecule has 0 radical (unpaired) electrons. The zero-order valence-electron chi connectivity index (χ0n) is 14.4. The van der Waals surface area contributed by atoms with Crippen LogP contribution >= 0.6 is 0 Å². The number of rotatable bonds is 3. The summed E-state index contributed by atoms with van der Waals surface area (Å²) in [5.41, 5.74) is 3.51. The summed E-state index contributed by atoms with van der Waals surface area (Å²) in [6.07, 6.45) is 1.73. The molecule has 6 nitrogen and oxygen atoms in total. The molecule has 1 aromatic heterocycles. The van der Waals surface area contributed by atoms with Crippen LogP contribution in [0.5, 0.6) is 0 Å². The minimum absolute atomic E-state index is 0.116. The lowest BCUT2D eigenvalue weighted by Gasteiger charge is -2.23. The second-order valence-corrected chi connectivity index (χ2v) is 6.69. The van der Waals surface area contributed by atoms with Crippen LogP contribution in [0, 0.1) is 6.92 Å². The van der Waals surface area contributed by atoms with Gasteiger partial charge in [0.15, 0.2) is 0 Å². The molecule has 2 N–H and O–H groups in total. The number of likely N-dealkylation sites (tertiary alicyclic amines) is 1. The normalized spacial score (nSPS) is 17.0. The summed E-state index contributed by atoms with van der Waals surface area (Å²) < 4.78 is 0. The van der Waals surface area contributed by atoms with Gasteiger partial charge in [0.05, 0.1) is 22.6 Å². The molecular weight excluding hydrogens is 330 g/mol. The van der Waals surface area contributed by atoms with Gasteiger partial charge >= 0.3 is 5.97 Å². The number of aryl methyl sites for hydroxylation is 1. The number of nitrogens with one attached hydrogen (secondary N) is 1. The maximum absolute atomic E-state index is 13.0. The van der Waals surface area contributed by atoms with Crippen molar-refractivity contribution < 1.29 is 14.7 Å². The summed E-state index contributed by atoms with van der Waals surface area (Å²) in [6.45, 7) is 2.66. The Morgan fingerprint density at radius 3 is 2.81 bits per heavy atom. The molecule has 26 heavy (non-hydrogen) atoms. The van der Waals surface area contributed by atoms with E-state index in [0.29, 0.717) is 12.1 Å². The third-order valence-electron chi connectivity index (χ3n) is 4.84. The largest absolute Gasteiger partial charge is 0.478 e. The van der Waals surface area contributed by atoms with Gasteiger partial charge in [-0.25, -0.2) is 9.78 Å². The number of hydrogen-bond acceptors (Lipinski definition) is 3. The molecule has 0 bridgehead atoms. The van der Waals surface area contributed by atoms with E-state index in [-0.39, 0.29) is 17.5 Å². The fourth-order valence-corrected chi connectivity index (χ4v) is 3.55. The van der Waals surface area contributed by atoms with E-state index < -0.39 is 5.97 Å². The third kappa shape index (κ3) is 2.83. The maximum atomic E-state index is 13.0. The van der Waals surface area contributed by atoms with Gasteiger partial charge in [-0.2, -0.15) is 0 Å². The number of aromatic amines is 1. The standard InChI is InChI=1S/C20H19N3O3/c1-12-7-8-15-16(10-12)22-18(21-15)17-6-3-9-23(17)19(24)13-4-2-5-14(11-13)20(25)26/h2,4-5,7-8,10-11,17H,3,6,9H2,1H3,(H,21,22)(H,25,26). The molecule has 2 aromatic carbocycles. The topological polar surface area (TPSA) is 86.3 Å². The lowest BCUT2D eigenvalue weighted by Crippen LogP contribution is -2.31. The highest BCUT2D eigenvalue weighted by molar-refractivity contribution is 5.97. The smallest absolute Gasteiger partial charge is 0.335 e. The molecule has 1 aliphatic heterocycles. The predicted octanol–water partition coefficient (Wildman–Crippen LogP) is 3.55. The summed E-state index contributed by atoms with van der Waals surface area (Å²) in [7, 11) is 0. The minimum atomic E-state index is -1.04. The Bertz CT molecular complexity index is 1010. The van der Waals surface area contributed by atoms with Crippen LogP contribution in [-0.2, 0) is 0 Å². The second-order valence-electron chi connectivity index (χ2n) is 6.69. The highest BCUT2D eigenvalue weighted by Gasteiger charge is 2.32. The number of fused-ring (bicyclic) bond motifs is 1. The average Bonchev–Trinajstić information content (AvgIpc) is 3.27. The number of nitrogens with zero attached hydrogens (tertiary/aromatic N) is 2. The number of hydrogen-bond donors (Lipinski definition) is 2. The SMILES string of the molecule is Cc1ccc2nc(C3CCCN3C(=O)c3cccc(C(=O)O)c3)[nH]c2c1. The summed E-state index contributed by atoms with van der Waals surface area (Å²) in [6, 6.07) is 12.1. The number of carbonyl (C=O) groups is 2. The quantitative estimate of drug-likeness (QED) is 0.757. The molecule has 3 aromatic rings. The van der Waals surface area contributed by atoms with Gasteiger partial charge in [-0.05, 0) is 55.7 Å². The first-order chi connectivity index (χ1) is 12.5. The number of H-pyrrole nitrogens is 1. The molecule has 6 heteroatoms. The first-order valence-corrected chi connectivity index (χ1v) is 8.63. The van der Waals surface area contributed by atoms with E-state index >= 15 is 0 Å². The average molecular weight is 349 g/mol. The van der Waals surface area contributed by atoms with Crippen molar-refractivity contribution in [3.63, 3.8) is 0 Å². The number of carboxylic acid groups (broad SMARTS) is 1. The number of imidazole rings is 1. The van der Waals surface area contributed by atoms with E-state index in [0.717, 1.165) is 35.3 Å². The first kappa shape index (κ1) is 16.3. The molecule has 0 aliphatic carbocycles. The van der Waals surface area contributed by atoms with E-state index in [9.17, 15) is 9.59 Å². The van der Waals surface area contributed by atoms with E-state index in [1.165, 1.54) is 12.1 Å². The Morgan fingerprint density at radius 2 is 2.00 bits per heavy atom. The molecule has 1 unspecified atom stereocenters. The van der Waals surface area contributed by atoms with Crippen LogP contribution in [0.25, 0.3) is 11.0 Å². The zero-order valence-corrected chi connectivity index (χ0v) is 14.4. The summed E-state index contributed by atoms with van der Waals surface area (Å²) in [5.74, 6) is -0.414. The molecule has 1 atom stereocenters. The number of aromatic nitrogens is 2. The number of carbonyl (C=O) groups excluding carboxylic acids is 1. The van der Waals surface area contributed by atoms with Crippen LogP contribution in [0.4, 0.5) is 0 Å². The molecule has 1 amide bonds. The Balaban J connectivity index is 1.66. The fraction of sp³-hybridized carbons (Fsp3) is 0.250. The molecule has 1 aliphatic rings. The second kappa shape index (κ2) is 6.29. The van der Waals surface area contributed by atoms with Crippen molar-refractivity contribution in [2.24, 2.45) is 0 Å². The number of amides is 1. The Morgan fingerprint density at radius 1 is 1.19 bits per heavy atom. The monoisotopic (exact) mass is 349 g/mol. The van der Waals surface area contributed by atoms with Gasteiger partial charge in [0.2, 0.25) is 0 Å². The van der Waals surface area contributed by atoms with E-state index in [4.69, 9.17) is 5.11 Å². The Kier molecular flexibility index (Phi) is 3.95. The van der Waals surface area contributed by atoms with Crippen LogP contribution < -0.4 is 0 Å². The van der Waals surface area contributed by atoms with Crippen LogP contribution in [-0.4, -0.2) is 38.4 Å².